The minimum atomic E-state index is -0.125. The quantitative estimate of drug-likeness (QED) is 0.470. The van der Waals surface area contributed by atoms with E-state index in [0.29, 0.717) is 0 Å². The Hall–Kier alpha value is 1.80. The summed E-state index contributed by atoms with van der Waals surface area (Å²) < 4.78 is 0. The van der Waals surface area contributed by atoms with Gasteiger partial charge in [-0.3, -0.25) is 0 Å². The van der Waals surface area contributed by atoms with E-state index in [0.717, 1.165) is 0 Å². The second-order valence-electron chi connectivity index (χ2n) is 0.447. The Kier molecular flexibility index (Phi) is 41.3. The van der Waals surface area contributed by atoms with Crippen LogP contribution in [0.2, 0.25) is 0 Å². The van der Waals surface area contributed by atoms with Crippen molar-refractivity contribution in [2.24, 2.45) is 0 Å². The molecule has 0 saturated carbocycles. The summed E-state index contributed by atoms with van der Waals surface area (Å²) in [6.07, 6.45) is 0. The smallest absolute Gasteiger partial charge is 0 e. The van der Waals surface area contributed by atoms with Gasteiger partial charge in [0.2, 0.25) is 0 Å². The Bertz CT molecular complexity index is 13.5. The number of aliphatic hydroxyl groups is 2. The van der Waals surface area contributed by atoms with Gasteiger partial charge in [0.25, 0.3) is 0 Å². The van der Waals surface area contributed by atoms with Gasteiger partial charge in [0.1, 0.15) is 0 Å². The van der Waals surface area contributed by atoms with E-state index in [2.05, 4.69) is 0 Å². The van der Waals surface area contributed by atoms with Crippen LogP contribution in [-0.4, -0.2) is 53.0 Å². The molecule has 0 aliphatic carbocycles. The van der Waals surface area contributed by atoms with Crippen molar-refractivity contribution in [3.63, 3.8) is 0 Å². The van der Waals surface area contributed by atoms with Crippen LogP contribution in [0.25, 0.3) is 0 Å². The van der Waals surface area contributed by atoms with Crippen LogP contribution >= 0.6 is 0 Å². The van der Waals surface area contributed by atoms with E-state index < -0.39 is 0 Å². The number of rotatable bonds is 1. The zero-order chi connectivity index (χ0) is 3.41. The molecule has 4 heteroatoms. The molecule has 0 fully saturated rings. The van der Waals surface area contributed by atoms with Gasteiger partial charge in [0.05, 0.1) is 13.2 Å². The Labute approximate surface area is 78.4 Å². The number of aliphatic hydroxyl groups excluding tert-OH is 2. The van der Waals surface area contributed by atoms with E-state index in [1.165, 1.54) is 0 Å². The van der Waals surface area contributed by atoms with Gasteiger partial charge >= 0.3 is 29.6 Å². The fraction of sp³-hybridized carbons (Fsp3) is 1.00. The van der Waals surface area contributed by atoms with Gasteiger partial charge in [-0.15, -0.1) is 0 Å². The topological polar surface area (TPSA) is 40.5 Å². The van der Waals surface area contributed by atoms with Crippen molar-refractivity contribution in [2.45, 2.75) is 0 Å². The Balaban J connectivity index is -0.0000000450. The first-order valence-electron chi connectivity index (χ1n) is 1.13. The van der Waals surface area contributed by atoms with E-state index in [4.69, 9.17) is 10.2 Å². The standard InChI is InChI=1S/C2H6O2.Na.Zr.H/c3-1-2-4;;;/h3-4H,1-2H2;;;. The molecule has 0 aliphatic heterocycles. The van der Waals surface area contributed by atoms with Crippen LogP contribution in [0.5, 0.6) is 0 Å². The molecular weight excluding hydrogens is 170 g/mol. The van der Waals surface area contributed by atoms with Crippen LogP contribution in [0.4, 0.5) is 0 Å². The SMILES string of the molecule is OCCO.[NaH].[Zr]. The van der Waals surface area contributed by atoms with Crippen LogP contribution in [0.15, 0.2) is 0 Å². The summed E-state index contributed by atoms with van der Waals surface area (Å²) in [5.74, 6) is 0. The maximum absolute atomic E-state index is 7.62. The van der Waals surface area contributed by atoms with Crippen molar-refractivity contribution in [3.8, 4) is 0 Å². The monoisotopic (exact) mass is 176 g/mol. The van der Waals surface area contributed by atoms with Gasteiger partial charge < -0.3 is 10.2 Å². The van der Waals surface area contributed by atoms with E-state index in [1.54, 1.807) is 0 Å². The van der Waals surface area contributed by atoms with Crippen molar-refractivity contribution in [3.05, 3.63) is 0 Å². The summed E-state index contributed by atoms with van der Waals surface area (Å²) in [4.78, 5) is 0. The molecule has 0 rings (SSSR count). The zero-order valence-electron chi connectivity index (χ0n) is 2.81. The second kappa shape index (κ2) is 15.8. The van der Waals surface area contributed by atoms with E-state index in [1.807, 2.05) is 0 Å². The van der Waals surface area contributed by atoms with Crippen molar-refractivity contribution < 1.29 is 36.4 Å². The Morgan fingerprint density at radius 2 is 1.17 bits per heavy atom. The van der Waals surface area contributed by atoms with E-state index in [9.17, 15) is 0 Å². The molecule has 0 spiro atoms. The van der Waals surface area contributed by atoms with Crippen molar-refractivity contribution in [2.75, 3.05) is 13.2 Å². The molecule has 0 atom stereocenters. The molecule has 0 saturated heterocycles. The summed E-state index contributed by atoms with van der Waals surface area (Å²) in [7, 11) is 0. The summed E-state index contributed by atoms with van der Waals surface area (Å²) >= 11 is 0. The molecule has 0 heterocycles. The first-order chi connectivity index (χ1) is 1.91. The molecule has 0 radical (unpaired) electrons. The van der Waals surface area contributed by atoms with Crippen LogP contribution in [-0.2, 0) is 26.2 Å². The van der Waals surface area contributed by atoms with Crippen LogP contribution in [0.3, 0.4) is 0 Å². The molecule has 0 aromatic carbocycles. The predicted octanol–water partition coefficient (Wildman–Crippen LogP) is -1.68. The average Bonchev–Trinajstić information content (AvgIpc) is 1.37. The first-order valence-corrected chi connectivity index (χ1v) is 1.13. The minimum absolute atomic E-state index is 0. The third kappa shape index (κ3) is 17.0. The minimum Gasteiger partial charge on any atom is 0 e. The van der Waals surface area contributed by atoms with Crippen molar-refractivity contribution >= 4 is 29.6 Å². The maximum atomic E-state index is 7.62. The van der Waals surface area contributed by atoms with Gasteiger partial charge in [-0.05, 0) is 0 Å². The fourth-order valence-corrected chi connectivity index (χ4v) is 0. The second-order valence-corrected chi connectivity index (χ2v) is 0.447. The van der Waals surface area contributed by atoms with Crippen LogP contribution < -0.4 is 0 Å². The number of hydrogen-bond acceptors (Lipinski definition) is 2. The molecule has 0 unspecified atom stereocenters. The van der Waals surface area contributed by atoms with E-state index in [-0.39, 0.29) is 69.0 Å². The molecule has 0 aliphatic rings. The summed E-state index contributed by atoms with van der Waals surface area (Å²) in [6.45, 7) is -0.250. The van der Waals surface area contributed by atoms with Crippen molar-refractivity contribution in [1.82, 2.24) is 0 Å². The molecule has 0 bridgehead atoms. The normalized spacial score (nSPS) is 5.00. The fourth-order valence-electron chi connectivity index (χ4n) is 0. The Morgan fingerprint density at radius 1 is 1.00 bits per heavy atom. The molecule has 0 aromatic rings. The summed E-state index contributed by atoms with van der Waals surface area (Å²) in [5, 5.41) is 15.2. The van der Waals surface area contributed by atoms with E-state index >= 15 is 0 Å². The molecule has 0 aromatic heterocycles. The van der Waals surface area contributed by atoms with Gasteiger partial charge in [-0.25, -0.2) is 0 Å². The van der Waals surface area contributed by atoms with Gasteiger partial charge in [0.15, 0.2) is 0 Å². The third-order valence-electron chi connectivity index (χ3n) is 0.1000. The number of hydrogen-bond donors (Lipinski definition) is 2. The largest absolute Gasteiger partial charge is 0 e. The molecular formula is C2H7NaO2Zr. The van der Waals surface area contributed by atoms with Crippen LogP contribution in [0, 0.1) is 0 Å². The molecule has 0 amide bonds. The average molecular weight is 177 g/mol. The molecule has 2 N–H and O–H groups in total. The van der Waals surface area contributed by atoms with Gasteiger partial charge in [0, 0.05) is 26.2 Å². The molecule has 32 valence electrons. The van der Waals surface area contributed by atoms with Crippen molar-refractivity contribution in [1.29, 1.82) is 0 Å². The maximum Gasteiger partial charge on any atom is 0 e. The summed E-state index contributed by atoms with van der Waals surface area (Å²) in [6, 6.07) is 0. The molecule has 6 heavy (non-hydrogen) atoms. The van der Waals surface area contributed by atoms with Gasteiger partial charge in [-0.2, -0.15) is 0 Å². The Morgan fingerprint density at radius 3 is 1.17 bits per heavy atom. The molecule has 2 nitrogen and oxygen atoms in total. The third-order valence-corrected chi connectivity index (χ3v) is 0.1000. The zero-order valence-corrected chi connectivity index (χ0v) is 5.27. The summed E-state index contributed by atoms with van der Waals surface area (Å²) in [5.41, 5.74) is 0. The van der Waals surface area contributed by atoms with Crippen LogP contribution in [0.1, 0.15) is 0 Å². The van der Waals surface area contributed by atoms with Gasteiger partial charge in [-0.1, -0.05) is 0 Å². The predicted molar refractivity (Wildman–Crippen MR) is 21.3 cm³/mol. The first kappa shape index (κ1) is 15.7.